The first-order valence-corrected chi connectivity index (χ1v) is 10.6. The lowest BCUT2D eigenvalue weighted by atomic mass is 9.79. The first kappa shape index (κ1) is 17.0. The topological polar surface area (TPSA) is 76.8 Å². The van der Waals surface area contributed by atoms with Gasteiger partial charge in [0.05, 0.1) is 18.0 Å². The van der Waals surface area contributed by atoms with Crippen molar-refractivity contribution in [2.45, 2.75) is 43.8 Å². The van der Waals surface area contributed by atoms with Gasteiger partial charge in [0.1, 0.15) is 5.65 Å². The van der Waals surface area contributed by atoms with Crippen LogP contribution in [0.5, 0.6) is 0 Å². The third-order valence-electron chi connectivity index (χ3n) is 7.12. The molecule has 3 aromatic heterocycles. The second-order valence-electron chi connectivity index (χ2n) is 8.87. The van der Waals surface area contributed by atoms with Crippen molar-refractivity contribution in [3.05, 3.63) is 30.7 Å². The zero-order chi connectivity index (χ0) is 19.5. The zero-order valence-electron chi connectivity index (χ0n) is 16.6. The summed E-state index contributed by atoms with van der Waals surface area (Å²) in [4.78, 5) is 13.4. The normalized spacial score (nSPS) is 29.2. The molecule has 2 atom stereocenters. The fourth-order valence-corrected chi connectivity index (χ4v) is 5.67. The standard InChI is InChI=1S/C22H25N7/c1-27-11-15(10-25-27)20-8-19-21(4-5-24-22(19)26-20)28-12-16-2-3-17(13-28)29(16)18-6-14(7-18)9-23/h4-5,8,10-11,14,16-18H,2-3,6-7,12-13H2,1H3,(H,24,26)/t14-,16?,17?,18+. The largest absolute Gasteiger partial charge is 0.368 e. The van der Waals surface area contributed by atoms with Crippen LogP contribution in [0.25, 0.3) is 22.3 Å². The molecule has 29 heavy (non-hydrogen) atoms. The van der Waals surface area contributed by atoms with Crippen LogP contribution in [0.3, 0.4) is 0 Å². The summed E-state index contributed by atoms with van der Waals surface area (Å²) < 4.78 is 1.82. The zero-order valence-corrected chi connectivity index (χ0v) is 16.6. The van der Waals surface area contributed by atoms with Gasteiger partial charge in [0.15, 0.2) is 0 Å². The van der Waals surface area contributed by atoms with E-state index in [1.807, 2.05) is 30.3 Å². The summed E-state index contributed by atoms with van der Waals surface area (Å²) in [7, 11) is 1.94. The van der Waals surface area contributed by atoms with Gasteiger partial charge in [0.25, 0.3) is 0 Å². The highest BCUT2D eigenvalue weighted by Crippen LogP contribution is 2.42. The van der Waals surface area contributed by atoms with Gasteiger partial charge in [-0.2, -0.15) is 10.4 Å². The number of aromatic nitrogens is 4. The molecule has 7 nitrogen and oxygen atoms in total. The Balaban J connectivity index is 1.28. The van der Waals surface area contributed by atoms with Crippen molar-refractivity contribution < 1.29 is 0 Å². The van der Waals surface area contributed by atoms with Gasteiger partial charge in [-0.15, -0.1) is 0 Å². The van der Waals surface area contributed by atoms with Crippen molar-refractivity contribution in [1.29, 1.82) is 5.26 Å². The molecule has 2 aliphatic heterocycles. The predicted molar refractivity (Wildman–Crippen MR) is 111 cm³/mol. The first-order chi connectivity index (χ1) is 14.2. The molecule has 0 radical (unpaired) electrons. The van der Waals surface area contributed by atoms with E-state index in [0.29, 0.717) is 18.1 Å². The Labute approximate surface area is 169 Å². The van der Waals surface area contributed by atoms with E-state index in [2.05, 4.69) is 43.1 Å². The Morgan fingerprint density at radius 1 is 1.17 bits per heavy atom. The summed E-state index contributed by atoms with van der Waals surface area (Å²) in [6.45, 7) is 2.13. The average molecular weight is 387 g/mol. The van der Waals surface area contributed by atoms with Crippen LogP contribution in [-0.4, -0.2) is 55.9 Å². The number of piperazine rings is 1. The fourth-order valence-electron chi connectivity index (χ4n) is 5.67. The maximum atomic E-state index is 9.14. The van der Waals surface area contributed by atoms with Crippen molar-refractivity contribution >= 4 is 16.7 Å². The summed E-state index contributed by atoms with van der Waals surface area (Å²) in [5.74, 6) is 0.281. The number of rotatable bonds is 3. The van der Waals surface area contributed by atoms with Crippen molar-refractivity contribution in [2.75, 3.05) is 18.0 Å². The Bertz CT molecular complexity index is 1090. The number of pyridine rings is 1. The molecule has 7 heteroatoms. The molecule has 1 saturated carbocycles. The highest BCUT2D eigenvalue weighted by Gasteiger charge is 2.47. The van der Waals surface area contributed by atoms with Gasteiger partial charge in [-0.3, -0.25) is 9.58 Å². The molecule has 5 heterocycles. The maximum Gasteiger partial charge on any atom is 0.139 e. The summed E-state index contributed by atoms with van der Waals surface area (Å²) in [6, 6.07) is 8.66. The molecular formula is C22H25N7. The van der Waals surface area contributed by atoms with Crippen LogP contribution in [0.4, 0.5) is 5.69 Å². The SMILES string of the molecule is Cn1cc(-c2cc3c(N4CC5CCC(C4)N5[C@H]4C[C@@H](C#N)C4)ccnc3[nH]2)cn1. The number of hydrogen-bond acceptors (Lipinski definition) is 5. The smallest absolute Gasteiger partial charge is 0.139 e. The molecule has 3 aromatic rings. The van der Waals surface area contributed by atoms with E-state index in [0.717, 1.165) is 42.8 Å². The van der Waals surface area contributed by atoms with Crippen LogP contribution in [0.2, 0.25) is 0 Å². The van der Waals surface area contributed by atoms with Crippen LogP contribution in [0.1, 0.15) is 25.7 Å². The molecule has 148 valence electrons. The van der Waals surface area contributed by atoms with Crippen molar-refractivity contribution in [2.24, 2.45) is 13.0 Å². The minimum atomic E-state index is 0.281. The Morgan fingerprint density at radius 3 is 2.66 bits per heavy atom. The second-order valence-corrected chi connectivity index (χ2v) is 8.87. The van der Waals surface area contributed by atoms with E-state index in [1.165, 1.54) is 23.9 Å². The maximum absolute atomic E-state index is 9.14. The van der Waals surface area contributed by atoms with E-state index >= 15 is 0 Å². The van der Waals surface area contributed by atoms with Crippen molar-refractivity contribution in [3.63, 3.8) is 0 Å². The van der Waals surface area contributed by atoms with E-state index in [-0.39, 0.29) is 5.92 Å². The van der Waals surface area contributed by atoms with Crippen molar-refractivity contribution in [3.8, 4) is 17.3 Å². The Morgan fingerprint density at radius 2 is 1.97 bits per heavy atom. The molecule has 1 N–H and O–H groups in total. The number of H-pyrrole nitrogens is 1. The summed E-state index contributed by atoms with van der Waals surface area (Å²) in [5, 5.41) is 14.6. The minimum Gasteiger partial charge on any atom is -0.368 e. The molecule has 3 fully saturated rings. The second kappa shape index (κ2) is 6.33. The summed E-state index contributed by atoms with van der Waals surface area (Å²) in [6.07, 6.45) is 10.5. The van der Waals surface area contributed by atoms with Crippen LogP contribution >= 0.6 is 0 Å². The lowest BCUT2D eigenvalue weighted by Crippen LogP contribution is -2.60. The molecule has 2 saturated heterocycles. The van der Waals surface area contributed by atoms with Gasteiger partial charge in [-0.05, 0) is 37.8 Å². The molecular weight excluding hydrogens is 362 g/mol. The molecule has 6 rings (SSSR count). The lowest BCUT2D eigenvalue weighted by Gasteiger charge is -2.49. The van der Waals surface area contributed by atoms with Crippen LogP contribution < -0.4 is 4.90 Å². The molecule has 0 spiro atoms. The number of nitriles is 1. The third kappa shape index (κ3) is 2.66. The van der Waals surface area contributed by atoms with Gasteiger partial charge >= 0.3 is 0 Å². The van der Waals surface area contributed by atoms with E-state index < -0.39 is 0 Å². The van der Waals surface area contributed by atoms with Gasteiger partial charge in [0.2, 0.25) is 0 Å². The number of nitrogens with one attached hydrogen (secondary N) is 1. The molecule has 0 amide bonds. The van der Waals surface area contributed by atoms with Gasteiger partial charge < -0.3 is 9.88 Å². The molecule has 2 unspecified atom stereocenters. The van der Waals surface area contributed by atoms with Gasteiger partial charge in [-0.25, -0.2) is 4.98 Å². The first-order valence-electron chi connectivity index (χ1n) is 10.6. The monoisotopic (exact) mass is 387 g/mol. The molecule has 3 aliphatic rings. The average Bonchev–Trinajstić information content (AvgIpc) is 3.37. The van der Waals surface area contributed by atoms with Crippen LogP contribution in [0, 0.1) is 17.2 Å². The highest BCUT2D eigenvalue weighted by atomic mass is 15.3. The van der Waals surface area contributed by atoms with Gasteiger partial charge in [-0.1, -0.05) is 0 Å². The van der Waals surface area contributed by atoms with Crippen molar-refractivity contribution in [1.82, 2.24) is 24.6 Å². The summed E-state index contributed by atoms with van der Waals surface area (Å²) >= 11 is 0. The van der Waals surface area contributed by atoms with Gasteiger partial charge in [0, 0.05) is 73.2 Å². The number of anilines is 1. The number of nitrogens with zero attached hydrogens (tertiary/aromatic N) is 6. The number of hydrogen-bond donors (Lipinski definition) is 1. The highest BCUT2D eigenvalue weighted by molar-refractivity contribution is 5.93. The number of aryl methyl sites for hydroxylation is 1. The van der Waals surface area contributed by atoms with Crippen LogP contribution in [-0.2, 0) is 7.05 Å². The molecule has 1 aliphatic carbocycles. The Hall–Kier alpha value is -2.85. The van der Waals surface area contributed by atoms with Crippen LogP contribution in [0.15, 0.2) is 30.7 Å². The molecule has 2 bridgehead atoms. The number of aromatic amines is 1. The summed E-state index contributed by atoms with van der Waals surface area (Å²) in [5.41, 5.74) is 4.36. The Kier molecular flexibility index (Phi) is 3.72. The van der Waals surface area contributed by atoms with E-state index in [4.69, 9.17) is 5.26 Å². The quantitative estimate of drug-likeness (QED) is 0.748. The predicted octanol–water partition coefficient (Wildman–Crippen LogP) is 2.92. The van der Waals surface area contributed by atoms with E-state index in [1.54, 1.807) is 0 Å². The number of fused-ring (bicyclic) bond motifs is 3. The molecule has 0 aromatic carbocycles. The lowest BCUT2D eigenvalue weighted by molar-refractivity contribution is 0.0439. The third-order valence-corrected chi connectivity index (χ3v) is 7.12. The minimum absolute atomic E-state index is 0.281. The fraction of sp³-hybridized carbons (Fsp3) is 0.500. The van der Waals surface area contributed by atoms with E-state index in [9.17, 15) is 0 Å².